The quantitative estimate of drug-likeness (QED) is 0.586. The van der Waals surface area contributed by atoms with E-state index in [1.807, 2.05) is 18.2 Å². The van der Waals surface area contributed by atoms with Crippen molar-refractivity contribution in [1.29, 1.82) is 0 Å². The summed E-state index contributed by atoms with van der Waals surface area (Å²) >= 11 is 5.94. The zero-order valence-corrected chi connectivity index (χ0v) is 17.3. The van der Waals surface area contributed by atoms with Crippen LogP contribution in [0.2, 0.25) is 5.02 Å². The largest absolute Gasteiger partial charge is 0.350 e. The van der Waals surface area contributed by atoms with Crippen molar-refractivity contribution in [1.82, 2.24) is 4.90 Å². The van der Waals surface area contributed by atoms with Gasteiger partial charge >= 0.3 is 0 Å². The summed E-state index contributed by atoms with van der Waals surface area (Å²) in [7, 11) is 1.44. The van der Waals surface area contributed by atoms with Gasteiger partial charge in [-0.2, -0.15) is 0 Å². The van der Waals surface area contributed by atoms with Gasteiger partial charge in [-0.15, -0.1) is 0 Å². The molecule has 1 heterocycles. The van der Waals surface area contributed by atoms with E-state index in [0.29, 0.717) is 27.5 Å². The Balaban J connectivity index is 1.58. The van der Waals surface area contributed by atoms with E-state index in [-0.39, 0.29) is 17.2 Å². The first-order chi connectivity index (χ1) is 14.9. The summed E-state index contributed by atoms with van der Waals surface area (Å²) in [4.78, 5) is 38.8. The summed E-state index contributed by atoms with van der Waals surface area (Å²) < 4.78 is 0. The molecule has 0 aliphatic carbocycles. The Labute approximate surface area is 184 Å². The van der Waals surface area contributed by atoms with Crippen LogP contribution >= 0.6 is 11.6 Å². The Morgan fingerprint density at radius 2 is 1.45 bits per heavy atom. The summed E-state index contributed by atoms with van der Waals surface area (Å²) in [5, 5.41) is 6.39. The molecule has 0 spiro atoms. The number of halogens is 1. The smallest absolute Gasteiger partial charge is 0.277 e. The highest BCUT2D eigenvalue weighted by Gasteiger charge is 2.36. The second-order valence-electron chi connectivity index (χ2n) is 6.95. The first kappa shape index (κ1) is 20.4. The predicted molar refractivity (Wildman–Crippen MR) is 121 cm³/mol. The Morgan fingerprint density at radius 3 is 2.10 bits per heavy atom. The number of hydrogen-bond donors (Lipinski definition) is 2. The van der Waals surface area contributed by atoms with Gasteiger partial charge in [0.2, 0.25) is 0 Å². The van der Waals surface area contributed by atoms with Crippen LogP contribution in [0.15, 0.2) is 84.6 Å². The van der Waals surface area contributed by atoms with Crippen LogP contribution in [0.5, 0.6) is 0 Å². The van der Waals surface area contributed by atoms with Crippen molar-refractivity contribution in [2.24, 2.45) is 0 Å². The molecule has 154 valence electrons. The van der Waals surface area contributed by atoms with E-state index >= 15 is 0 Å². The van der Waals surface area contributed by atoms with Gasteiger partial charge in [0.15, 0.2) is 0 Å². The molecule has 3 aromatic rings. The predicted octanol–water partition coefficient (Wildman–Crippen LogP) is 4.41. The molecule has 6 nitrogen and oxygen atoms in total. The number of hydrogen-bond acceptors (Lipinski definition) is 4. The molecule has 0 aromatic heterocycles. The van der Waals surface area contributed by atoms with E-state index in [2.05, 4.69) is 10.6 Å². The van der Waals surface area contributed by atoms with Crippen LogP contribution in [-0.2, 0) is 9.59 Å². The summed E-state index contributed by atoms with van der Waals surface area (Å²) in [6, 6.07) is 22.5. The maximum absolute atomic E-state index is 12.6. The summed E-state index contributed by atoms with van der Waals surface area (Å²) in [5.41, 5.74) is 2.78. The second-order valence-corrected chi connectivity index (χ2v) is 7.39. The molecular formula is C24H18ClN3O3. The maximum Gasteiger partial charge on any atom is 0.277 e. The van der Waals surface area contributed by atoms with Crippen molar-refractivity contribution in [2.75, 3.05) is 17.7 Å². The average Bonchev–Trinajstić information content (AvgIpc) is 2.99. The molecule has 1 aliphatic rings. The van der Waals surface area contributed by atoms with Gasteiger partial charge in [-0.25, -0.2) is 0 Å². The molecule has 0 saturated heterocycles. The Morgan fingerprint density at radius 1 is 0.806 bits per heavy atom. The van der Waals surface area contributed by atoms with Gasteiger partial charge in [-0.3, -0.25) is 19.3 Å². The lowest BCUT2D eigenvalue weighted by Crippen LogP contribution is -2.27. The number of nitrogens with zero attached hydrogens (tertiary/aromatic N) is 1. The van der Waals surface area contributed by atoms with Gasteiger partial charge in [0.05, 0.1) is 5.57 Å². The van der Waals surface area contributed by atoms with E-state index in [9.17, 15) is 14.4 Å². The highest BCUT2D eigenvalue weighted by molar-refractivity contribution is 6.36. The fourth-order valence-electron chi connectivity index (χ4n) is 3.22. The third-order valence-corrected chi connectivity index (χ3v) is 5.12. The van der Waals surface area contributed by atoms with Crippen LogP contribution in [-0.4, -0.2) is 29.7 Å². The molecule has 0 radical (unpaired) electrons. The molecule has 7 heteroatoms. The Hall–Kier alpha value is -3.90. The van der Waals surface area contributed by atoms with Crippen molar-refractivity contribution in [2.45, 2.75) is 0 Å². The highest BCUT2D eigenvalue weighted by Crippen LogP contribution is 2.30. The SMILES string of the molecule is CN1C(=O)C(Nc2ccc(C(=O)Nc3ccccc3)cc2)=C(c2ccc(Cl)cc2)C1=O. The van der Waals surface area contributed by atoms with E-state index in [0.717, 1.165) is 4.90 Å². The molecule has 0 atom stereocenters. The monoisotopic (exact) mass is 431 g/mol. The summed E-state index contributed by atoms with van der Waals surface area (Å²) in [6.45, 7) is 0. The Bertz CT molecular complexity index is 1190. The number of para-hydroxylation sites is 1. The number of nitrogens with one attached hydrogen (secondary N) is 2. The first-order valence-electron chi connectivity index (χ1n) is 9.50. The molecule has 0 bridgehead atoms. The average molecular weight is 432 g/mol. The number of benzene rings is 3. The lowest BCUT2D eigenvalue weighted by molar-refractivity contribution is -0.135. The van der Waals surface area contributed by atoms with Crippen LogP contribution in [0.25, 0.3) is 5.57 Å². The molecule has 1 aliphatic heterocycles. The minimum atomic E-state index is -0.430. The van der Waals surface area contributed by atoms with Gasteiger partial charge in [0.25, 0.3) is 17.7 Å². The first-order valence-corrected chi connectivity index (χ1v) is 9.88. The number of carbonyl (C=O) groups is 3. The number of imide groups is 1. The summed E-state index contributed by atoms with van der Waals surface area (Å²) in [6.07, 6.45) is 0. The second kappa shape index (κ2) is 8.45. The van der Waals surface area contributed by atoms with Crippen LogP contribution in [0, 0.1) is 0 Å². The maximum atomic E-state index is 12.6. The lowest BCUT2D eigenvalue weighted by atomic mass is 10.0. The molecule has 4 rings (SSSR count). The van der Waals surface area contributed by atoms with Crippen molar-refractivity contribution < 1.29 is 14.4 Å². The molecule has 0 fully saturated rings. The summed E-state index contributed by atoms with van der Waals surface area (Å²) in [5.74, 6) is -1.07. The molecule has 31 heavy (non-hydrogen) atoms. The lowest BCUT2D eigenvalue weighted by Gasteiger charge is -2.10. The highest BCUT2D eigenvalue weighted by atomic mass is 35.5. The number of carbonyl (C=O) groups excluding carboxylic acids is 3. The van der Waals surface area contributed by atoms with E-state index in [1.165, 1.54) is 7.05 Å². The third kappa shape index (κ3) is 4.20. The van der Waals surface area contributed by atoms with E-state index in [1.54, 1.807) is 60.7 Å². The van der Waals surface area contributed by atoms with E-state index < -0.39 is 11.8 Å². The van der Waals surface area contributed by atoms with Crippen LogP contribution in [0.1, 0.15) is 15.9 Å². The molecule has 2 N–H and O–H groups in total. The fourth-order valence-corrected chi connectivity index (χ4v) is 3.34. The Kier molecular flexibility index (Phi) is 5.56. The minimum absolute atomic E-state index is 0.177. The molecule has 0 saturated carbocycles. The van der Waals surface area contributed by atoms with Gasteiger partial charge < -0.3 is 10.6 Å². The van der Waals surface area contributed by atoms with Gasteiger partial charge in [-0.1, -0.05) is 41.9 Å². The van der Waals surface area contributed by atoms with Crippen LogP contribution in [0.3, 0.4) is 0 Å². The van der Waals surface area contributed by atoms with Gasteiger partial charge in [0.1, 0.15) is 5.70 Å². The topological polar surface area (TPSA) is 78.5 Å². The zero-order valence-electron chi connectivity index (χ0n) is 16.6. The van der Waals surface area contributed by atoms with Gasteiger partial charge in [0, 0.05) is 29.0 Å². The van der Waals surface area contributed by atoms with Crippen molar-refractivity contribution in [3.63, 3.8) is 0 Å². The van der Waals surface area contributed by atoms with Crippen molar-refractivity contribution >= 4 is 46.3 Å². The van der Waals surface area contributed by atoms with E-state index in [4.69, 9.17) is 11.6 Å². The molecule has 3 aromatic carbocycles. The standard InChI is InChI=1S/C24H18ClN3O3/c1-28-23(30)20(15-7-11-17(25)12-8-15)21(24(28)31)26-19-13-9-16(10-14-19)22(29)27-18-5-3-2-4-6-18/h2-14,26H,1H3,(H,27,29). The molecule has 0 unspecified atom stereocenters. The fraction of sp³-hybridized carbons (Fsp3) is 0.0417. The van der Waals surface area contributed by atoms with Crippen LogP contribution < -0.4 is 10.6 Å². The zero-order chi connectivity index (χ0) is 22.0. The van der Waals surface area contributed by atoms with Crippen molar-refractivity contribution in [3.8, 4) is 0 Å². The normalized spacial score (nSPS) is 13.5. The van der Waals surface area contributed by atoms with Crippen LogP contribution in [0.4, 0.5) is 11.4 Å². The number of rotatable bonds is 5. The third-order valence-electron chi connectivity index (χ3n) is 4.87. The number of amides is 3. The number of anilines is 2. The van der Waals surface area contributed by atoms with Crippen molar-refractivity contribution in [3.05, 3.63) is 101 Å². The molecular weight excluding hydrogens is 414 g/mol. The van der Waals surface area contributed by atoms with Gasteiger partial charge in [-0.05, 0) is 54.1 Å². The minimum Gasteiger partial charge on any atom is -0.350 e. The number of likely N-dealkylation sites (N-methyl/N-ethyl adjacent to an activating group) is 1. The molecule has 3 amide bonds.